The Morgan fingerprint density at radius 3 is 3.08 bits per heavy atom. The normalized spacial score (nSPS) is 10.5. The van der Waals surface area contributed by atoms with Crippen LogP contribution in [0.25, 0.3) is 10.2 Å². The molecule has 2 aromatic rings. The maximum atomic E-state index is 4.32. The first-order valence-corrected chi connectivity index (χ1v) is 4.66. The summed E-state index contributed by atoms with van der Waals surface area (Å²) in [6.07, 6.45) is 1.83. The van der Waals surface area contributed by atoms with Gasteiger partial charge in [-0.1, -0.05) is 0 Å². The number of thiophene rings is 1. The van der Waals surface area contributed by atoms with Gasteiger partial charge in [-0.25, -0.2) is 0 Å². The number of rotatable bonds is 1. The Balaban J connectivity index is 2.81. The van der Waals surface area contributed by atoms with Gasteiger partial charge in [-0.15, -0.1) is 11.3 Å². The van der Waals surface area contributed by atoms with Crippen LogP contribution in [0.15, 0.2) is 18.3 Å². The first-order valence-electron chi connectivity index (χ1n) is 3.85. The molecule has 2 rings (SSSR count). The standard InChI is InChI=1S/C9H10N2S/c1-6-8(10-2)9-7(12-6)4-3-5-11-9/h3-5,10H,1-2H3. The smallest absolute Gasteiger partial charge is 0.104 e. The molecule has 0 aliphatic rings. The van der Waals surface area contributed by atoms with E-state index in [1.54, 1.807) is 11.3 Å². The zero-order valence-electron chi connectivity index (χ0n) is 7.09. The number of pyridine rings is 1. The summed E-state index contributed by atoms with van der Waals surface area (Å²) in [5, 5.41) is 3.17. The number of fused-ring (bicyclic) bond motifs is 1. The molecule has 0 atom stereocenters. The molecule has 3 heteroatoms. The lowest BCUT2D eigenvalue weighted by atomic mass is 10.3. The number of nitrogens with one attached hydrogen (secondary N) is 1. The van der Waals surface area contributed by atoms with Gasteiger partial charge in [0.05, 0.1) is 10.4 Å². The van der Waals surface area contributed by atoms with Gasteiger partial charge in [-0.05, 0) is 19.1 Å². The van der Waals surface area contributed by atoms with Crippen molar-refractivity contribution in [1.29, 1.82) is 0 Å². The molecule has 0 fully saturated rings. The molecule has 1 N–H and O–H groups in total. The predicted molar refractivity (Wildman–Crippen MR) is 53.9 cm³/mol. The lowest BCUT2D eigenvalue weighted by Crippen LogP contribution is -1.88. The van der Waals surface area contributed by atoms with Crippen molar-refractivity contribution < 1.29 is 0 Å². The first-order chi connectivity index (χ1) is 5.83. The van der Waals surface area contributed by atoms with E-state index in [9.17, 15) is 0 Å². The third-order valence-electron chi connectivity index (χ3n) is 1.87. The summed E-state index contributed by atoms with van der Waals surface area (Å²) in [5.74, 6) is 0. The Bertz CT molecular complexity index is 406. The molecule has 0 bridgehead atoms. The molecule has 2 aromatic heterocycles. The molecule has 2 nitrogen and oxygen atoms in total. The van der Waals surface area contributed by atoms with Gasteiger partial charge in [0.25, 0.3) is 0 Å². The zero-order valence-corrected chi connectivity index (χ0v) is 7.90. The molecule has 62 valence electrons. The van der Waals surface area contributed by atoms with Gasteiger partial charge in [0, 0.05) is 18.1 Å². The van der Waals surface area contributed by atoms with E-state index in [2.05, 4.69) is 23.3 Å². The lowest BCUT2D eigenvalue weighted by molar-refractivity contribution is 1.40. The van der Waals surface area contributed by atoms with Gasteiger partial charge in [-0.2, -0.15) is 0 Å². The monoisotopic (exact) mass is 178 g/mol. The number of hydrogen-bond acceptors (Lipinski definition) is 3. The molecule has 0 aromatic carbocycles. The van der Waals surface area contributed by atoms with Gasteiger partial charge in [-0.3, -0.25) is 4.98 Å². The van der Waals surface area contributed by atoms with Gasteiger partial charge in [0.15, 0.2) is 0 Å². The number of anilines is 1. The molecule has 0 unspecified atom stereocenters. The summed E-state index contributed by atoms with van der Waals surface area (Å²) < 4.78 is 1.25. The Hall–Kier alpha value is -1.09. The fraction of sp³-hybridized carbons (Fsp3) is 0.222. The predicted octanol–water partition coefficient (Wildman–Crippen LogP) is 2.65. The second-order valence-corrected chi connectivity index (χ2v) is 3.89. The van der Waals surface area contributed by atoms with Crippen LogP contribution in [0.3, 0.4) is 0 Å². The lowest BCUT2D eigenvalue weighted by Gasteiger charge is -1.96. The van der Waals surface area contributed by atoms with Gasteiger partial charge < -0.3 is 5.32 Å². The summed E-state index contributed by atoms with van der Waals surface area (Å²) in [7, 11) is 1.93. The zero-order chi connectivity index (χ0) is 8.55. The van der Waals surface area contributed by atoms with Crippen molar-refractivity contribution in [3.63, 3.8) is 0 Å². The maximum Gasteiger partial charge on any atom is 0.104 e. The summed E-state index contributed by atoms with van der Waals surface area (Å²) >= 11 is 1.78. The average Bonchev–Trinajstić information content (AvgIpc) is 2.40. The Morgan fingerprint density at radius 2 is 2.33 bits per heavy atom. The van der Waals surface area contributed by atoms with Crippen molar-refractivity contribution in [2.45, 2.75) is 6.92 Å². The SMILES string of the molecule is CNc1c(C)sc2cccnc12. The van der Waals surface area contributed by atoms with Crippen molar-refractivity contribution in [3.8, 4) is 0 Å². The minimum absolute atomic E-state index is 1.09. The molecule has 12 heavy (non-hydrogen) atoms. The molecule has 0 saturated carbocycles. The van der Waals surface area contributed by atoms with E-state index in [1.165, 1.54) is 9.58 Å². The van der Waals surface area contributed by atoms with Crippen LogP contribution in [0.5, 0.6) is 0 Å². The first kappa shape index (κ1) is 7.55. The third-order valence-corrected chi connectivity index (χ3v) is 2.93. The molecular weight excluding hydrogens is 168 g/mol. The quantitative estimate of drug-likeness (QED) is 0.726. The highest BCUT2D eigenvalue weighted by atomic mass is 32.1. The molecule has 0 aliphatic heterocycles. The van der Waals surface area contributed by atoms with E-state index < -0.39 is 0 Å². The van der Waals surface area contributed by atoms with Crippen LogP contribution in [0.2, 0.25) is 0 Å². The number of aromatic nitrogens is 1. The summed E-state index contributed by atoms with van der Waals surface area (Å²) in [6, 6.07) is 4.07. The highest BCUT2D eigenvalue weighted by Crippen LogP contribution is 2.32. The van der Waals surface area contributed by atoms with Crippen LogP contribution in [0.4, 0.5) is 5.69 Å². The average molecular weight is 178 g/mol. The summed E-state index contributed by atoms with van der Waals surface area (Å²) in [6.45, 7) is 2.11. The molecular formula is C9H10N2S. The topological polar surface area (TPSA) is 24.9 Å². The van der Waals surface area contributed by atoms with Gasteiger partial charge >= 0.3 is 0 Å². The van der Waals surface area contributed by atoms with Crippen LogP contribution in [0.1, 0.15) is 4.88 Å². The molecule has 2 heterocycles. The molecule has 0 spiro atoms. The van der Waals surface area contributed by atoms with Crippen molar-refractivity contribution in [1.82, 2.24) is 4.98 Å². The highest BCUT2D eigenvalue weighted by Gasteiger charge is 2.06. The van der Waals surface area contributed by atoms with E-state index in [4.69, 9.17) is 0 Å². The van der Waals surface area contributed by atoms with Crippen LogP contribution >= 0.6 is 11.3 Å². The molecule has 0 aliphatic carbocycles. The molecule has 0 saturated heterocycles. The largest absolute Gasteiger partial charge is 0.385 e. The summed E-state index contributed by atoms with van der Waals surface area (Å²) in [4.78, 5) is 5.62. The van der Waals surface area contributed by atoms with Crippen molar-refractivity contribution in [2.75, 3.05) is 12.4 Å². The minimum Gasteiger partial charge on any atom is -0.385 e. The van der Waals surface area contributed by atoms with Crippen LogP contribution < -0.4 is 5.32 Å². The number of hydrogen-bond donors (Lipinski definition) is 1. The van der Waals surface area contributed by atoms with Crippen LogP contribution in [-0.2, 0) is 0 Å². The molecule has 0 amide bonds. The maximum absolute atomic E-state index is 4.32. The Kier molecular flexibility index (Phi) is 1.73. The van der Waals surface area contributed by atoms with Crippen LogP contribution in [0, 0.1) is 6.92 Å². The van der Waals surface area contributed by atoms with Crippen molar-refractivity contribution in [2.24, 2.45) is 0 Å². The van der Waals surface area contributed by atoms with Crippen LogP contribution in [-0.4, -0.2) is 12.0 Å². The second kappa shape index (κ2) is 2.75. The number of nitrogens with zero attached hydrogens (tertiary/aromatic N) is 1. The van der Waals surface area contributed by atoms with E-state index >= 15 is 0 Å². The van der Waals surface area contributed by atoms with E-state index in [0.29, 0.717) is 0 Å². The Morgan fingerprint density at radius 1 is 1.50 bits per heavy atom. The highest BCUT2D eigenvalue weighted by molar-refractivity contribution is 7.19. The fourth-order valence-electron chi connectivity index (χ4n) is 1.34. The van der Waals surface area contributed by atoms with Gasteiger partial charge in [0.2, 0.25) is 0 Å². The summed E-state index contributed by atoms with van der Waals surface area (Å²) in [5.41, 5.74) is 2.25. The van der Waals surface area contributed by atoms with E-state index in [0.717, 1.165) is 11.2 Å². The second-order valence-electron chi connectivity index (χ2n) is 2.63. The van der Waals surface area contributed by atoms with Gasteiger partial charge in [0.1, 0.15) is 5.52 Å². The van der Waals surface area contributed by atoms with E-state index in [1.807, 2.05) is 19.3 Å². The van der Waals surface area contributed by atoms with Crippen molar-refractivity contribution >= 4 is 27.2 Å². The molecule has 0 radical (unpaired) electrons. The van der Waals surface area contributed by atoms with Crippen molar-refractivity contribution in [3.05, 3.63) is 23.2 Å². The Labute approximate surface area is 75.3 Å². The fourth-order valence-corrected chi connectivity index (χ4v) is 2.37. The minimum atomic E-state index is 1.09. The number of aryl methyl sites for hydroxylation is 1. The van der Waals surface area contributed by atoms with E-state index in [-0.39, 0.29) is 0 Å². The third kappa shape index (κ3) is 0.975.